The number of imidazole rings is 1. The van der Waals surface area contributed by atoms with Gasteiger partial charge in [0.2, 0.25) is 11.8 Å². The molecule has 3 aromatic rings. The Kier molecular flexibility index (Phi) is 4.66. The predicted molar refractivity (Wildman–Crippen MR) is 96.9 cm³/mol. The summed E-state index contributed by atoms with van der Waals surface area (Å²) in [4.78, 5) is 17.6. The number of anilines is 1. The summed E-state index contributed by atoms with van der Waals surface area (Å²) in [5, 5.41) is 0. The minimum atomic E-state index is -0.251. The van der Waals surface area contributed by atoms with Crippen LogP contribution in [-0.2, 0) is 6.54 Å². The molecule has 1 aliphatic heterocycles. The van der Waals surface area contributed by atoms with E-state index < -0.39 is 0 Å². The molecule has 0 bridgehead atoms. The van der Waals surface area contributed by atoms with Crippen LogP contribution in [0.5, 0.6) is 5.88 Å². The first kappa shape index (κ1) is 16.7. The largest absolute Gasteiger partial charge is 0.481 e. The van der Waals surface area contributed by atoms with E-state index in [0.717, 1.165) is 44.8 Å². The van der Waals surface area contributed by atoms with Crippen LogP contribution in [-0.4, -0.2) is 64.3 Å². The third-order valence-electron chi connectivity index (χ3n) is 4.72. The molecule has 0 N–H and O–H groups in total. The molecular formula is C18H21FN6O. The molecule has 0 amide bonds. The topological polar surface area (TPSA) is 59.3 Å². The van der Waals surface area contributed by atoms with Crippen molar-refractivity contribution in [3.05, 3.63) is 42.6 Å². The van der Waals surface area contributed by atoms with Gasteiger partial charge in [-0.1, -0.05) is 0 Å². The van der Waals surface area contributed by atoms with Gasteiger partial charge in [-0.3, -0.25) is 4.90 Å². The molecule has 2 aromatic heterocycles. The highest BCUT2D eigenvalue weighted by atomic mass is 19.1. The van der Waals surface area contributed by atoms with Crippen LogP contribution in [0, 0.1) is 5.82 Å². The van der Waals surface area contributed by atoms with Crippen molar-refractivity contribution < 1.29 is 9.13 Å². The highest BCUT2D eigenvalue weighted by molar-refractivity contribution is 5.75. The van der Waals surface area contributed by atoms with Gasteiger partial charge < -0.3 is 14.2 Å². The lowest BCUT2D eigenvalue weighted by Crippen LogP contribution is -2.47. The molecule has 4 rings (SSSR count). The summed E-state index contributed by atoms with van der Waals surface area (Å²) in [5.74, 6) is 1.05. The summed E-state index contributed by atoms with van der Waals surface area (Å²) >= 11 is 0. The summed E-state index contributed by atoms with van der Waals surface area (Å²) in [6.45, 7) is 5.41. The van der Waals surface area contributed by atoms with Gasteiger partial charge in [0.15, 0.2) is 0 Å². The summed E-state index contributed by atoms with van der Waals surface area (Å²) in [6.07, 6.45) is 3.50. The zero-order valence-corrected chi connectivity index (χ0v) is 14.7. The Morgan fingerprint density at radius 1 is 1.08 bits per heavy atom. The Morgan fingerprint density at radius 3 is 2.73 bits per heavy atom. The summed E-state index contributed by atoms with van der Waals surface area (Å²) < 4.78 is 20.5. The number of methoxy groups -OCH3 is 1. The maximum atomic E-state index is 13.3. The van der Waals surface area contributed by atoms with Crippen LogP contribution < -0.4 is 9.64 Å². The standard InChI is InChI=1S/C18H21FN6O/c1-26-17-4-5-20-18(22-17)24-9-6-23(7-10-24)8-11-25-13-21-15-12-14(19)2-3-16(15)25/h2-5,12-13H,6-11H2,1H3. The van der Waals surface area contributed by atoms with Gasteiger partial charge in [0.25, 0.3) is 0 Å². The Hall–Kier alpha value is -2.74. The Morgan fingerprint density at radius 2 is 1.92 bits per heavy atom. The van der Waals surface area contributed by atoms with Crippen LogP contribution in [0.2, 0.25) is 0 Å². The van der Waals surface area contributed by atoms with Gasteiger partial charge in [-0.2, -0.15) is 4.98 Å². The van der Waals surface area contributed by atoms with Gasteiger partial charge in [-0.15, -0.1) is 0 Å². The number of hydrogen-bond donors (Lipinski definition) is 0. The Balaban J connectivity index is 1.33. The van der Waals surface area contributed by atoms with Gasteiger partial charge in [0.1, 0.15) is 5.82 Å². The van der Waals surface area contributed by atoms with Crippen molar-refractivity contribution in [3.63, 3.8) is 0 Å². The van der Waals surface area contributed by atoms with Crippen LogP contribution in [0.4, 0.5) is 10.3 Å². The van der Waals surface area contributed by atoms with Gasteiger partial charge in [-0.05, 0) is 12.1 Å². The second-order valence-corrected chi connectivity index (χ2v) is 6.30. The van der Waals surface area contributed by atoms with E-state index in [-0.39, 0.29) is 5.82 Å². The van der Waals surface area contributed by atoms with E-state index in [1.165, 1.54) is 12.1 Å². The second-order valence-electron chi connectivity index (χ2n) is 6.30. The molecule has 0 saturated carbocycles. The van der Waals surface area contributed by atoms with Crippen LogP contribution in [0.3, 0.4) is 0 Å². The van der Waals surface area contributed by atoms with Crippen LogP contribution in [0.1, 0.15) is 0 Å². The van der Waals surface area contributed by atoms with E-state index in [1.807, 2.05) is 0 Å². The molecule has 8 heteroatoms. The first-order chi connectivity index (χ1) is 12.7. The lowest BCUT2D eigenvalue weighted by Gasteiger charge is -2.34. The normalized spacial score (nSPS) is 15.5. The first-order valence-corrected chi connectivity index (χ1v) is 8.68. The Bertz CT molecular complexity index is 890. The molecular weight excluding hydrogens is 335 g/mol. The second kappa shape index (κ2) is 7.25. The number of aromatic nitrogens is 4. The molecule has 26 heavy (non-hydrogen) atoms. The van der Waals surface area contributed by atoms with Gasteiger partial charge in [0, 0.05) is 57.6 Å². The molecule has 3 heterocycles. The summed E-state index contributed by atoms with van der Waals surface area (Å²) in [7, 11) is 1.61. The maximum absolute atomic E-state index is 13.3. The third kappa shape index (κ3) is 3.45. The summed E-state index contributed by atoms with van der Waals surface area (Å²) in [6, 6.07) is 6.49. The monoisotopic (exact) mass is 356 g/mol. The van der Waals surface area contributed by atoms with Crippen LogP contribution >= 0.6 is 0 Å². The number of ether oxygens (including phenoxy) is 1. The highest BCUT2D eigenvalue weighted by Gasteiger charge is 2.19. The third-order valence-corrected chi connectivity index (χ3v) is 4.72. The highest BCUT2D eigenvalue weighted by Crippen LogP contribution is 2.16. The first-order valence-electron chi connectivity index (χ1n) is 8.68. The molecule has 0 spiro atoms. The SMILES string of the molecule is COc1ccnc(N2CCN(CCn3cnc4cc(F)ccc43)CC2)n1. The molecule has 7 nitrogen and oxygen atoms in total. The fourth-order valence-corrected chi connectivity index (χ4v) is 3.23. The van der Waals surface area contributed by atoms with Crippen molar-refractivity contribution >= 4 is 17.0 Å². The van der Waals surface area contributed by atoms with Crippen molar-refractivity contribution in [1.82, 2.24) is 24.4 Å². The van der Waals surface area contributed by atoms with Crippen molar-refractivity contribution in [2.45, 2.75) is 6.54 Å². The van der Waals surface area contributed by atoms with E-state index in [2.05, 4.69) is 29.3 Å². The van der Waals surface area contributed by atoms with Crippen molar-refractivity contribution in [1.29, 1.82) is 0 Å². The summed E-state index contributed by atoms with van der Waals surface area (Å²) in [5.41, 5.74) is 1.67. The molecule has 136 valence electrons. The van der Waals surface area contributed by atoms with E-state index in [1.54, 1.807) is 31.8 Å². The average molecular weight is 356 g/mol. The minimum absolute atomic E-state index is 0.251. The zero-order valence-electron chi connectivity index (χ0n) is 14.7. The lowest BCUT2D eigenvalue weighted by atomic mass is 10.3. The molecule has 0 aliphatic carbocycles. The number of rotatable bonds is 5. The van der Waals surface area contributed by atoms with Gasteiger partial charge in [-0.25, -0.2) is 14.4 Å². The Labute approximate surface area is 151 Å². The van der Waals surface area contributed by atoms with E-state index in [0.29, 0.717) is 17.3 Å². The van der Waals surface area contributed by atoms with Crippen LogP contribution in [0.15, 0.2) is 36.8 Å². The number of halogens is 1. The van der Waals surface area contributed by atoms with E-state index in [4.69, 9.17) is 4.74 Å². The number of benzene rings is 1. The molecule has 1 saturated heterocycles. The number of fused-ring (bicyclic) bond motifs is 1. The van der Waals surface area contributed by atoms with Gasteiger partial charge in [0.05, 0.1) is 24.5 Å². The zero-order chi connectivity index (χ0) is 17.9. The number of hydrogen-bond acceptors (Lipinski definition) is 6. The fraction of sp³-hybridized carbons (Fsp3) is 0.389. The quantitative estimate of drug-likeness (QED) is 0.695. The number of piperazine rings is 1. The smallest absolute Gasteiger partial charge is 0.228 e. The molecule has 0 atom stereocenters. The predicted octanol–water partition coefficient (Wildman–Crippen LogP) is 1.80. The van der Waals surface area contributed by atoms with E-state index in [9.17, 15) is 4.39 Å². The molecule has 0 radical (unpaired) electrons. The number of nitrogens with zero attached hydrogens (tertiary/aromatic N) is 6. The fourth-order valence-electron chi connectivity index (χ4n) is 3.23. The molecule has 1 aliphatic rings. The van der Waals surface area contributed by atoms with E-state index >= 15 is 0 Å². The molecule has 1 aromatic carbocycles. The van der Waals surface area contributed by atoms with Gasteiger partial charge >= 0.3 is 0 Å². The lowest BCUT2D eigenvalue weighted by molar-refractivity contribution is 0.248. The van der Waals surface area contributed by atoms with Crippen molar-refractivity contribution in [3.8, 4) is 5.88 Å². The molecule has 1 fully saturated rings. The van der Waals surface area contributed by atoms with Crippen LogP contribution in [0.25, 0.3) is 11.0 Å². The average Bonchev–Trinajstić information content (AvgIpc) is 3.09. The van der Waals surface area contributed by atoms with Crippen molar-refractivity contribution in [2.75, 3.05) is 44.7 Å². The van der Waals surface area contributed by atoms with Crippen molar-refractivity contribution in [2.24, 2.45) is 0 Å². The minimum Gasteiger partial charge on any atom is -0.481 e. The maximum Gasteiger partial charge on any atom is 0.228 e. The molecule has 0 unspecified atom stereocenters.